The molecule has 0 bridgehead atoms. The lowest BCUT2D eigenvalue weighted by molar-refractivity contribution is 0.102. The molecule has 2 aromatic carbocycles. The Hall–Kier alpha value is -3.48. The molecule has 0 saturated carbocycles. The van der Waals surface area contributed by atoms with Crippen LogP contribution in [0.15, 0.2) is 48.8 Å². The Labute approximate surface area is 176 Å². The lowest BCUT2D eigenvalue weighted by Gasteiger charge is -2.11. The standard InChI is InChI=1S/C23H26N2O5/c1-27-18-9-7-16(14-20(18)29-3)6-5-12-25-13-11-24-23(25)22(26)17-8-10-19(28-2)21(15-17)30-4/h7-11,13-15H,5-6,12H2,1-4H3. The third-order valence-electron chi connectivity index (χ3n) is 4.88. The van der Waals surface area contributed by atoms with E-state index >= 15 is 0 Å². The van der Waals surface area contributed by atoms with Gasteiger partial charge in [0, 0.05) is 24.5 Å². The van der Waals surface area contributed by atoms with Gasteiger partial charge < -0.3 is 23.5 Å². The van der Waals surface area contributed by atoms with Gasteiger partial charge in [0.1, 0.15) is 0 Å². The zero-order valence-corrected chi connectivity index (χ0v) is 17.7. The quantitative estimate of drug-likeness (QED) is 0.474. The summed E-state index contributed by atoms with van der Waals surface area (Å²) in [5.41, 5.74) is 1.64. The average molecular weight is 410 g/mol. The number of methoxy groups -OCH3 is 4. The van der Waals surface area contributed by atoms with Crippen LogP contribution in [0.3, 0.4) is 0 Å². The van der Waals surface area contributed by atoms with E-state index in [1.54, 1.807) is 52.8 Å². The Morgan fingerprint density at radius 3 is 2.17 bits per heavy atom. The van der Waals surface area contributed by atoms with Crippen molar-refractivity contribution in [3.8, 4) is 23.0 Å². The highest BCUT2D eigenvalue weighted by Crippen LogP contribution is 2.29. The van der Waals surface area contributed by atoms with E-state index in [0.29, 0.717) is 40.9 Å². The van der Waals surface area contributed by atoms with E-state index in [0.717, 1.165) is 18.4 Å². The Kier molecular flexibility index (Phi) is 6.95. The van der Waals surface area contributed by atoms with E-state index in [2.05, 4.69) is 4.98 Å². The van der Waals surface area contributed by atoms with E-state index in [4.69, 9.17) is 18.9 Å². The summed E-state index contributed by atoms with van der Waals surface area (Å²) in [7, 11) is 6.35. The molecule has 0 aliphatic carbocycles. The number of imidazole rings is 1. The van der Waals surface area contributed by atoms with Crippen molar-refractivity contribution >= 4 is 5.78 Å². The third kappa shape index (κ3) is 4.56. The molecule has 0 aliphatic rings. The number of carbonyl (C=O) groups is 1. The van der Waals surface area contributed by atoms with Gasteiger partial charge in [0.2, 0.25) is 5.78 Å². The minimum atomic E-state index is -0.160. The molecule has 3 aromatic rings. The number of aromatic nitrogens is 2. The lowest BCUT2D eigenvalue weighted by Crippen LogP contribution is -2.12. The monoisotopic (exact) mass is 410 g/mol. The van der Waals surface area contributed by atoms with Crippen molar-refractivity contribution in [2.75, 3.05) is 28.4 Å². The van der Waals surface area contributed by atoms with E-state index in [9.17, 15) is 4.79 Å². The fourth-order valence-electron chi connectivity index (χ4n) is 3.29. The van der Waals surface area contributed by atoms with Crippen LogP contribution in [-0.2, 0) is 13.0 Å². The van der Waals surface area contributed by atoms with E-state index in [1.807, 2.05) is 29.0 Å². The predicted molar refractivity (Wildman–Crippen MR) is 113 cm³/mol. The topological polar surface area (TPSA) is 71.8 Å². The van der Waals surface area contributed by atoms with Gasteiger partial charge in [-0.3, -0.25) is 4.79 Å². The van der Waals surface area contributed by atoms with Crippen molar-refractivity contribution in [1.29, 1.82) is 0 Å². The molecule has 1 heterocycles. The van der Waals surface area contributed by atoms with Gasteiger partial charge in [0.15, 0.2) is 28.8 Å². The van der Waals surface area contributed by atoms with Gasteiger partial charge in [0.05, 0.1) is 28.4 Å². The van der Waals surface area contributed by atoms with Gasteiger partial charge in [-0.1, -0.05) is 6.07 Å². The Balaban J connectivity index is 1.69. The summed E-state index contributed by atoms with van der Waals surface area (Å²) in [4.78, 5) is 17.2. The first-order chi connectivity index (χ1) is 14.6. The minimum absolute atomic E-state index is 0.160. The zero-order chi connectivity index (χ0) is 21.5. The molecule has 1 aromatic heterocycles. The molecular formula is C23H26N2O5. The Morgan fingerprint density at radius 2 is 1.50 bits per heavy atom. The highest BCUT2D eigenvalue weighted by atomic mass is 16.5. The summed E-state index contributed by atoms with van der Waals surface area (Å²) in [6.07, 6.45) is 5.15. The maximum absolute atomic E-state index is 13.0. The number of rotatable bonds is 10. The number of hydrogen-bond donors (Lipinski definition) is 0. The molecule has 0 aliphatic heterocycles. The van der Waals surface area contributed by atoms with Crippen LogP contribution >= 0.6 is 0 Å². The second kappa shape index (κ2) is 9.82. The average Bonchev–Trinajstić information content (AvgIpc) is 3.26. The summed E-state index contributed by atoms with van der Waals surface area (Å²) in [6, 6.07) is 11.0. The maximum Gasteiger partial charge on any atom is 0.228 e. The summed E-state index contributed by atoms with van der Waals surface area (Å²) in [5, 5.41) is 0. The first-order valence-electron chi connectivity index (χ1n) is 9.60. The van der Waals surface area contributed by atoms with E-state index in [1.165, 1.54) is 0 Å². The molecule has 0 radical (unpaired) electrons. The number of ketones is 1. The van der Waals surface area contributed by atoms with Gasteiger partial charge in [-0.15, -0.1) is 0 Å². The predicted octanol–water partition coefficient (Wildman–Crippen LogP) is 3.78. The second-order valence-corrected chi connectivity index (χ2v) is 6.64. The second-order valence-electron chi connectivity index (χ2n) is 6.64. The zero-order valence-electron chi connectivity index (χ0n) is 17.7. The molecule has 158 valence electrons. The van der Waals surface area contributed by atoms with Crippen molar-refractivity contribution in [2.24, 2.45) is 0 Å². The van der Waals surface area contributed by atoms with Crippen LogP contribution in [0, 0.1) is 0 Å². The van der Waals surface area contributed by atoms with Gasteiger partial charge in [-0.25, -0.2) is 4.98 Å². The summed E-state index contributed by atoms with van der Waals surface area (Å²) < 4.78 is 23.1. The number of aryl methyl sites for hydroxylation is 2. The van der Waals surface area contributed by atoms with Crippen molar-refractivity contribution in [3.05, 3.63) is 65.7 Å². The number of benzene rings is 2. The van der Waals surface area contributed by atoms with Gasteiger partial charge in [0.25, 0.3) is 0 Å². The van der Waals surface area contributed by atoms with Gasteiger partial charge in [-0.2, -0.15) is 0 Å². The van der Waals surface area contributed by atoms with E-state index < -0.39 is 0 Å². The molecule has 0 atom stereocenters. The van der Waals surface area contributed by atoms with Crippen molar-refractivity contribution in [1.82, 2.24) is 9.55 Å². The normalized spacial score (nSPS) is 10.5. The largest absolute Gasteiger partial charge is 0.493 e. The van der Waals surface area contributed by atoms with Gasteiger partial charge in [-0.05, 0) is 48.7 Å². The van der Waals surface area contributed by atoms with Crippen LogP contribution in [0.2, 0.25) is 0 Å². The van der Waals surface area contributed by atoms with E-state index in [-0.39, 0.29) is 5.78 Å². The SMILES string of the molecule is COc1ccc(CCCn2ccnc2C(=O)c2ccc(OC)c(OC)c2)cc1OC. The van der Waals surface area contributed by atoms with Crippen LogP contribution in [0.25, 0.3) is 0 Å². The Morgan fingerprint density at radius 1 is 0.867 bits per heavy atom. The van der Waals surface area contributed by atoms with Crippen molar-refractivity contribution < 1.29 is 23.7 Å². The molecular weight excluding hydrogens is 384 g/mol. The van der Waals surface area contributed by atoms with Crippen molar-refractivity contribution in [3.63, 3.8) is 0 Å². The first kappa shape index (κ1) is 21.2. The first-order valence-corrected chi connectivity index (χ1v) is 9.60. The molecule has 7 nitrogen and oxygen atoms in total. The molecule has 0 fully saturated rings. The number of carbonyl (C=O) groups excluding carboxylic acids is 1. The molecule has 7 heteroatoms. The van der Waals surface area contributed by atoms with Gasteiger partial charge >= 0.3 is 0 Å². The molecule has 0 N–H and O–H groups in total. The van der Waals surface area contributed by atoms with Crippen LogP contribution in [0.5, 0.6) is 23.0 Å². The highest BCUT2D eigenvalue weighted by Gasteiger charge is 2.17. The fourth-order valence-corrected chi connectivity index (χ4v) is 3.29. The summed E-state index contributed by atoms with van der Waals surface area (Å²) >= 11 is 0. The molecule has 0 unspecified atom stereocenters. The number of nitrogens with zero attached hydrogens (tertiary/aromatic N) is 2. The van der Waals surface area contributed by atoms with Crippen LogP contribution in [-0.4, -0.2) is 43.8 Å². The van der Waals surface area contributed by atoms with Crippen LogP contribution < -0.4 is 18.9 Å². The molecule has 0 spiro atoms. The molecule has 3 rings (SSSR count). The number of ether oxygens (including phenoxy) is 4. The molecule has 30 heavy (non-hydrogen) atoms. The van der Waals surface area contributed by atoms with Crippen molar-refractivity contribution in [2.45, 2.75) is 19.4 Å². The maximum atomic E-state index is 13.0. The minimum Gasteiger partial charge on any atom is -0.493 e. The molecule has 0 saturated heterocycles. The lowest BCUT2D eigenvalue weighted by atomic mass is 10.1. The van der Waals surface area contributed by atoms with Crippen LogP contribution in [0.1, 0.15) is 28.2 Å². The third-order valence-corrected chi connectivity index (χ3v) is 4.88. The fraction of sp³-hybridized carbons (Fsp3) is 0.304. The summed E-state index contributed by atoms with van der Waals surface area (Å²) in [5.74, 6) is 2.74. The highest BCUT2D eigenvalue weighted by molar-refractivity contribution is 6.07. The number of hydrogen-bond acceptors (Lipinski definition) is 6. The van der Waals surface area contributed by atoms with Crippen LogP contribution in [0.4, 0.5) is 0 Å². The molecule has 0 amide bonds. The Bertz CT molecular complexity index is 1010. The summed E-state index contributed by atoms with van der Waals surface area (Å²) in [6.45, 7) is 0.669. The smallest absolute Gasteiger partial charge is 0.228 e.